The fourth-order valence-electron chi connectivity index (χ4n) is 1.72. The molecule has 0 spiro atoms. The Morgan fingerprint density at radius 2 is 0.774 bits per heavy atom. The quantitative estimate of drug-likeness (QED) is 0.0739. The molecule has 0 amide bonds. The van der Waals surface area contributed by atoms with Crippen molar-refractivity contribution in [1.29, 1.82) is 0 Å². The smallest absolute Gasteiger partial charge is 0.676 e. The number of aliphatic hydroxyl groups is 8. The summed E-state index contributed by atoms with van der Waals surface area (Å²) in [6, 6.07) is 0. The van der Waals surface area contributed by atoms with Gasteiger partial charge in [-0.1, -0.05) is 0 Å². The number of aliphatic hydroxyl groups excluding tert-OH is 4. The molecule has 0 aromatic rings. The van der Waals surface area contributed by atoms with Crippen LogP contribution in [-0.2, 0) is 33.6 Å². The molecule has 17 N–H and O–H groups in total. The third-order valence-electron chi connectivity index (χ3n) is 2.73. The van der Waals surface area contributed by atoms with Crippen LogP contribution in [0.5, 0.6) is 0 Å². The summed E-state index contributed by atoms with van der Waals surface area (Å²) < 4.78 is 0. The van der Waals surface area contributed by atoms with Crippen LogP contribution in [0, 0.1) is 0 Å². The van der Waals surface area contributed by atoms with Gasteiger partial charge in [0.05, 0.1) is 0 Å². The fraction of sp³-hybridized carbons (Fsp3) is 1.00. The first kappa shape index (κ1) is 45.0. The van der Waals surface area contributed by atoms with Gasteiger partial charge in [0, 0.05) is 69.4 Å². The van der Waals surface area contributed by atoms with Crippen LogP contribution in [0.25, 0.3) is 5.73 Å². The van der Waals surface area contributed by atoms with E-state index in [1.54, 1.807) is 0 Å². The summed E-state index contributed by atoms with van der Waals surface area (Å²) >= 11 is 0. The van der Waals surface area contributed by atoms with Gasteiger partial charge in [-0.05, 0) is 6.54 Å². The van der Waals surface area contributed by atoms with Crippen LogP contribution in [0.2, 0.25) is 0 Å². The predicted molar refractivity (Wildman–Crippen MR) is 106 cm³/mol. The Bertz CT molecular complexity index is 265. The van der Waals surface area contributed by atoms with Gasteiger partial charge in [0.25, 0.3) is 0 Å². The van der Waals surface area contributed by atoms with Crippen LogP contribution in [0.15, 0.2) is 0 Å². The number of hydrogen-bond donors (Lipinski definition) is 11. The van der Waals surface area contributed by atoms with E-state index in [1.807, 2.05) is 0 Å². The molecule has 0 aliphatic heterocycles. The second kappa shape index (κ2) is 32.6. The third kappa shape index (κ3) is 44.8. The van der Waals surface area contributed by atoms with Crippen LogP contribution in [0.4, 0.5) is 0 Å². The van der Waals surface area contributed by atoms with Crippen molar-refractivity contribution in [2.45, 2.75) is 25.2 Å². The molecular formula is C14H41CuN6NiO9+. The van der Waals surface area contributed by atoms with Crippen molar-refractivity contribution in [2.75, 3.05) is 65.4 Å². The van der Waals surface area contributed by atoms with Crippen LogP contribution in [0.3, 0.4) is 0 Å². The van der Waals surface area contributed by atoms with Crippen LogP contribution >= 0.6 is 0 Å². The van der Waals surface area contributed by atoms with E-state index in [-0.39, 0.29) is 78.3 Å². The number of nitrogens with one attached hydrogen (secondary N) is 1. The normalized spacial score (nSPS) is 10.3. The average molecular weight is 560 g/mol. The maximum Gasteiger partial charge on any atom is 2.00 e. The van der Waals surface area contributed by atoms with Crippen molar-refractivity contribution in [1.82, 2.24) is 9.80 Å². The van der Waals surface area contributed by atoms with Gasteiger partial charge in [0.1, 0.15) is 0 Å². The van der Waals surface area contributed by atoms with E-state index in [1.165, 1.54) is 9.80 Å². The minimum atomic E-state index is -1.66. The van der Waals surface area contributed by atoms with Gasteiger partial charge >= 0.3 is 16.5 Å². The molecule has 0 aliphatic carbocycles. The Kier molecular flexibility index (Phi) is 47.3. The maximum atomic E-state index is 8.87. The van der Waals surface area contributed by atoms with Gasteiger partial charge in [0.15, 0.2) is 25.2 Å². The molecule has 0 aromatic heterocycles. The second-order valence-corrected chi connectivity index (χ2v) is 5.56. The van der Waals surface area contributed by atoms with Gasteiger partial charge < -0.3 is 69.3 Å². The summed E-state index contributed by atoms with van der Waals surface area (Å²) in [6.07, 6.45) is -6.63. The Labute approximate surface area is 203 Å². The summed E-state index contributed by atoms with van der Waals surface area (Å²) in [4.78, 5) is 2.66. The van der Waals surface area contributed by atoms with Crippen LogP contribution in [-0.4, -0.2) is 147 Å². The molecule has 0 heterocycles. The Hall–Kier alpha value is 0.413. The Balaban J connectivity index is -0.000000122. The molecule has 0 fully saturated rings. The van der Waals surface area contributed by atoms with E-state index >= 15 is 0 Å². The van der Waals surface area contributed by atoms with E-state index < -0.39 is 25.2 Å². The van der Waals surface area contributed by atoms with E-state index in [4.69, 9.17) is 63.8 Å². The zero-order valence-electron chi connectivity index (χ0n) is 17.2. The average Bonchev–Trinajstić information content (AvgIpc) is 2.58. The number of rotatable bonds is 13. The molecule has 0 bridgehead atoms. The molecule has 15 nitrogen and oxygen atoms in total. The molecule has 0 rings (SSSR count). The van der Waals surface area contributed by atoms with Crippen molar-refractivity contribution >= 4 is 0 Å². The van der Waals surface area contributed by atoms with Crippen molar-refractivity contribution in [2.24, 2.45) is 17.2 Å². The SMILES string of the molecule is NCCN.O.OC(O)CN(CCN(CC(O)O)CC(O)O)CC(O)O.[Cu].[NH-]CCN.[Ni+2]. The van der Waals surface area contributed by atoms with Crippen LogP contribution < -0.4 is 17.2 Å². The number of nitrogens with two attached hydrogens (primary N) is 3. The Morgan fingerprint density at radius 1 is 0.581 bits per heavy atom. The molecule has 0 saturated carbocycles. The van der Waals surface area contributed by atoms with Gasteiger partial charge in [-0.3, -0.25) is 9.80 Å². The minimum absolute atomic E-state index is 0. The van der Waals surface area contributed by atoms with Crippen molar-refractivity contribution < 1.29 is 79.9 Å². The van der Waals surface area contributed by atoms with E-state index in [0.29, 0.717) is 26.2 Å². The zero-order valence-corrected chi connectivity index (χ0v) is 19.1. The standard InChI is InChI=1S/C10H24N2O8.C2H8N2.C2H7N2.Cu.Ni.H2O/c13-7(14)3-11(4-8(15)16)1-2-12(5-9(17)18)6-10(19)20;2*3-1-2-4;;;/h7-10,13-20H,1-6H2;1-4H2;3H,1-2,4H2;;;1H2/q;;-1;;+2;. The first-order chi connectivity index (χ1) is 13.0. The van der Waals surface area contributed by atoms with Gasteiger partial charge in [-0.2, -0.15) is 0 Å². The van der Waals surface area contributed by atoms with Crippen LogP contribution in [0.1, 0.15) is 0 Å². The van der Waals surface area contributed by atoms with Gasteiger partial charge in [-0.15, -0.1) is 6.54 Å². The molecule has 0 saturated heterocycles. The largest absolute Gasteiger partial charge is 2.00 e. The summed E-state index contributed by atoms with van der Waals surface area (Å²) in [7, 11) is 0. The number of hydrogen-bond acceptors (Lipinski definition) is 13. The number of nitrogens with zero attached hydrogens (tertiary/aromatic N) is 2. The first-order valence-electron chi connectivity index (χ1n) is 8.67. The monoisotopic (exact) mass is 558 g/mol. The molecule has 17 heteroatoms. The van der Waals surface area contributed by atoms with Crippen molar-refractivity contribution in [3.05, 3.63) is 5.73 Å². The molecule has 0 aliphatic rings. The Morgan fingerprint density at radius 3 is 0.871 bits per heavy atom. The minimum Gasteiger partial charge on any atom is -0.676 e. The van der Waals surface area contributed by atoms with Gasteiger partial charge in [-0.25, -0.2) is 0 Å². The summed E-state index contributed by atoms with van der Waals surface area (Å²) in [5.41, 5.74) is 21.0. The van der Waals surface area contributed by atoms with Crippen molar-refractivity contribution in [3.63, 3.8) is 0 Å². The predicted octanol–water partition coefficient (Wildman–Crippen LogP) is -7.10. The van der Waals surface area contributed by atoms with E-state index in [9.17, 15) is 0 Å². The van der Waals surface area contributed by atoms with Gasteiger partial charge in [0.2, 0.25) is 0 Å². The fourth-order valence-corrected chi connectivity index (χ4v) is 1.72. The zero-order chi connectivity index (χ0) is 22.5. The molecular weight excluding hydrogens is 518 g/mol. The third-order valence-corrected chi connectivity index (χ3v) is 2.73. The molecule has 1 radical (unpaired) electrons. The first-order valence-corrected chi connectivity index (χ1v) is 8.67. The summed E-state index contributed by atoms with van der Waals surface area (Å²) in [5, 5.41) is 71.0. The van der Waals surface area contributed by atoms with Crippen molar-refractivity contribution in [3.8, 4) is 0 Å². The molecule has 0 unspecified atom stereocenters. The second-order valence-electron chi connectivity index (χ2n) is 5.56. The van der Waals surface area contributed by atoms with E-state index in [0.717, 1.165) is 0 Å². The molecule has 201 valence electrons. The molecule has 0 atom stereocenters. The maximum absolute atomic E-state index is 8.87. The molecule has 0 aromatic carbocycles. The summed E-state index contributed by atoms with van der Waals surface area (Å²) in [6.45, 7) is 1.39. The summed E-state index contributed by atoms with van der Waals surface area (Å²) in [5.74, 6) is 0. The molecule has 31 heavy (non-hydrogen) atoms. The van der Waals surface area contributed by atoms with E-state index in [2.05, 4.69) is 0 Å². The topological polar surface area (TPSA) is 302 Å².